The molecule has 1 saturated heterocycles. The summed E-state index contributed by atoms with van der Waals surface area (Å²) in [5.74, 6) is 1.69. The van der Waals surface area contributed by atoms with Gasteiger partial charge in [0, 0.05) is 25.7 Å². The monoisotopic (exact) mass is 438 g/mol. The topological polar surface area (TPSA) is 39.7 Å². The smallest absolute Gasteiger partial charge is 0.191 e. The van der Waals surface area contributed by atoms with Gasteiger partial charge in [-0.2, -0.15) is 0 Å². The molecule has 0 aromatic carbocycles. The Bertz CT molecular complexity index is 338. The van der Waals surface area contributed by atoms with Gasteiger partial charge in [0.25, 0.3) is 0 Å². The van der Waals surface area contributed by atoms with Crippen molar-refractivity contribution in [3.05, 3.63) is 0 Å². The molecule has 138 valence electrons. The lowest BCUT2D eigenvalue weighted by Crippen LogP contribution is -2.43. The number of nitrogens with one attached hydrogen (secondary N) is 2. The Labute approximate surface area is 161 Å². The van der Waals surface area contributed by atoms with Gasteiger partial charge < -0.3 is 15.5 Å². The first-order chi connectivity index (χ1) is 10.3. The predicted molar refractivity (Wildman–Crippen MR) is 113 cm³/mol. The van der Waals surface area contributed by atoms with Crippen molar-refractivity contribution < 1.29 is 0 Å². The van der Waals surface area contributed by atoms with E-state index < -0.39 is 0 Å². The van der Waals surface area contributed by atoms with E-state index in [9.17, 15) is 0 Å². The second kappa shape index (κ2) is 11.5. The fraction of sp³-hybridized carbons (Fsp3) is 0.944. The molecule has 1 rings (SSSR count). The minimum Gasteiger partial charge on any atom is -0.357 e. The normalized spacial score (nSPS) is 21.5. The van der Waals surface area contributed by atoms with Gasteiger partial charge in [-0.3, -0.25) is 4.99 Å². The molecule has 0 aromatic rings. The fourth-order valence-corrected chi connectivity index (χ4v) is 2.92. The van der Waals surface area contributed by atoms with Crippen LogP contribution in [0.3, 0.4) is 0 Å². The van der Waals surface area contributed by atoms with E-state index in [1.54, 1.807) is 0 Å². The van der Waals surface area contributed by atoms with Crippen LogP contribution in [0.4, 0.5) is 0 Å². The van der Waals surface area contributed by atoms with Crippen molar-refractivity contribution in [1.82, 2.24) is 15.5 Å². The Hall–Kier alpha value is -0.0400. The summed E-state index contributed by atoms with van der Waals surface area (Å²) in [5.41, 5.74) is 0.401. The lowest BCUT2D eigenvalue weighted by atomic mass is 9.89. The van der Waals surface area contributed by atoms with Crippen LogP contribution in [-0.2, 0) is 0 Å². The summed E-state index contributed by atoms with van der Waals surface area (Å²) in [6.07, 6.45) is 5.03. The van der Waals surface area contributed by atoms with E-state index in [0.29, 0.717) is 17.4 Å². The van der Waals surface area contributed by atoms with Gasteiger partial charge in [-0.1, -0.05) is 20.8 Å². The van der Waals surface area contributed by atoms with Crippen LogP contribution >= 0.6 is 24.0 Å². The van der Waals surface area contributed by atoms with E-state index in [1.165, 1.54) is 38.8 Å². The number of nitrogens with zero attached hydrogens (tertiary/aromatic N) is 2. The van der Waals surface area contributed by atoms with Gasteiger partial charge in [0.2, 0.25) is 0 Å². The van der Waals surface area contributed by atoms with Gasteiger partial charge in [-0.15, -0.1) is 24.0 Å². The molecule has 2 atom stereocenters. The van der Waals surface area contributed by atoms with E-state index >= 15 is 0 Å². The van der Waals surface area contributed by atoms with Crippen LogP contribution in [0.5, 0.6) is 0 Å². The zero-order chi connectivity index (χ0) is 16.6. The molecular weight excluding hydrogens is 399 g/mol. The van der Waals surface area contributed by atoms with Crippen molar-refractivity contribution in [1.29, 1.82) is 0 Å². The number of piperidine rings is 1. The summed E-state index contributed by atoms with van der Waals surface area (Å²) >= 11 is 0. The third-order valence-electron chi connectivity index (χ3n) is 4.28. The van der Waals surface area contributed by atoms with Gasteiger partial charge in [0.15, 0.2) is 5.96 Å². The summed E-state index contributed by atoms with van der Waals surface area (Å²) in [6, 6.07) is 0.464. The highest BCUT2D eigenvalue weighted by Gasteiger charge is 2.17. The molecule has 0 spiro atoms. The van der Waals surface area contributed by atoms with Crippen molar-refractivity contribution in [3.63, 3.8) is 0 Å². The number of halogens is 1. The van der Waals surface area contributed by atoms with E-state index in [0.717, 1.165) is 19.0 Å². The molecule has 5 heteroatoms. The molecule has 2 unspecified atom stereocenters. The zero-order valence-corrected chi connectivity index (χ0v) is 18.4. The average Bonchev–Trinajstić information content (AvgIpc) is 2.42. The summed E-state index contributed by atoms with van der Waals surface area (Å²) in [5, 5.41) is 6.95. The third-order valence-corrected chi connectivity index (χ3v) is 4.28. The lowest BCUT2D eigenvalue weighted by Gasteiger charge is -2.29. The van der Waals surface area contributed by atoms with Gasteiger partial charge >= 0.3 is 0 Å². The quantitative estimate of drug-likeness (QED) is 0.377. The third kappa shape index (κ3) is 11.2. The van der Waals surface area contributed by atoms with Crippen molar-refractivity contribution >= 4 is 29.9 Å². The first kappa shape index (κ1) is 23.0. The SMILES string of the molecule is CCNC(=NCC1CCCN(C)C1)NC(C)CCC(C)(C)C.I. The highest BCUT2D eigenvalue weighted by molar-refractivity contribution is 14.0. The molecule has 0 bridgehead atoms. The molecule has 0 radical (unpaired) electrons. The average molecular weight is 438 g/mol. The number of rotatable bonds is 6. The van der Waals surface area contributed by atoms with Crippen LogP contribution in [0.15, 0.2) is 4.99 Å². The minimum atomic E-state index is 0. The number of likely N-dealkylation sites (tertiary alicyclic amines) is 1. The van der Waals surface area contributed by atoms with E-state index in [2.05, 4.69) is 57.2 Å². The van der Waals surface area contributed by atoms with Gasteiger partial charge in [0.05, 0.1) is 0 Å². The van der Waals surface area contributed by atoms with Crippen LogP contribution < -0.4 is 10.6 Å². The first-order valence-corrected chi connectivity index (χ1v) is 9.03. The fourth-order valence-electron chi connectivity index (χ4n) is 2.92. The first-order valence-electron chi connectivity index (χ1n) is 9.03. The van der Waals surface area contributed by atoms with E-state index in [-0.39, 0.29) is 24.0 Å². The van der Waals surface area contributed by atoms with Gasteiger partial charge in [0.1, 0.15) is 0 Å². The highest BCUT2D eigenvalue weighted by atomic mass is 127. The second-order valence-electron chi connectivity index (χ2n) is 8.13. The molecule has 0 aliphatic carbocycles. The number of guanidine groups is 1. The molecule has 0 aromatic heterocycles. The van der Waals surface area contributed by atoms with Crippen LogP contribution in [-0.4, -0.2) is 50.1 Å². The standard InChI is InChI=1S/C18H38N4.HI/c1-7-19-17(21-15(2)10-11-18(3,4)5)20-13-16-9-8-12-22(6)14-16;/h15-16H,7-14H2,1-6H3,(H2,19,20,21);1H. The Morgan fingerprint density at radius 2 is 2.04 bits per heavy atom. The molecule has 1 aliphatic rings. The van der Waals surface area contributed by atoms with Gasteiger partial charge in [-0.05, 0) is 64.5 Å². The Morgan fingerprint density at radius 1 is 1.35 bits per heavy atom. The molecule has 1 heterocycles. The van der Waals surface area contributed by atoms with E-state index in [4.69, 9.17) is 4.99 Å². The summed E-state index contributed by atoms with van der Waals surface area (Å²) in [7, 11) is 2.22. The number of hydrogen-bond donors (Lipinski definition) is 2. The Kier molecular flexibility index (Phi) is 11.5. The molecule has 1 aliphatic heterocycles. The van der Waals surface area contributed by atoms with Crippen LogP contribution in [0, 0.1) is 11.3 Å². The number of aliphatic imine (C=N–C) groups is 1. The molecular formula is C18H39IN4. The Balaban J connectivity index is 0.00000484. The lowest BCUT2D eigenvalue weighted by molar-refractivity contribution is 0.214. The maximum atomic E-state index is 4.82. The largest absolute Gasteiger partial charge is 0.357 e. The molecule has 23 heavy (non-hydrogen) atoms. The Morgan fingerprint density at radius 3 is 2.61 bits per heavy atom. The summed E-state index contributed by atoms with van der Waals surface area (Å²) in [6.45, 7) is 15.6. The molecule has 0 saturated carbocycles. The van der Waals surface area contributed by atoms with Crippen molar-refractivity contribution in [3.8, 4) is 0 Å². The molecule has 1 fully saturated rings. The van der Waals surface area contributed by atoms with E-state index in [1.807, 2.05) is 0 Å². The maximum Gasteiger partial charge on any atom is 0.191 e. The molecule has 0 amide bonds. The minimum absolute atomic E-state index is 0. The van der Waals surface area contributed by atoms with Crippen LogP contribution in [0.25, 0.3) is 0 Å². The predicted octanol–water partition coefficient (Wildman–Crippen LogP) is 3.72. The summed E-state index contributed by atoms with van der Waals surface area (Å²) < 4.78 is 0. The van der Waals surface area contributed by atoms with Crippen molar-refractivity contribution in [2.24, 2.45) is 16.3 Å². The van der Waals surface area contributed by atoms with Crippen LogP contribution in [0.2, 0.25) is 0 Å². The second-order valence-corrected chi connectivity index (χ2v) is 8.13. The maximum absolute atomic E-state index is 4.82. The molecule has 4 nitrogen and oxygen atoms in total. The van der Waals surface area contributed by atoms with Crippen LogP contribution in [0.1, 0.15) is 60.3 Å². The number of hydrogen-bond acceptors (Lipinski definition) is 2. The zero-order valence-electron chi connectivity index (χ0n) is 16.1. The highest BCUT2D eigenvalue weighted by Crippen LogP contribution is 2.21. The van der Waals surface area contributed by atoms with Crippen molar-refractivity contribution in [2.45, 2.75) is 66.3 Å². The molecule has 2 N–H and O–H groups in total. The van der Waals surface area contributed by atoms with Gasteiger partial charge in [-0.25, -0.2) is 0 Å². The van der Waals surface area contributed by atoms with Crippen molar-refractivity contribution in [2.75, 3.05) is 33.2 Å². The summed E-state index contributed by atoms with van der Waals surface area (Å²) in [4.78, 5) is 7.25.